The molecule has 0 saturated carbocycles. The molecule has 2 amide bonds. The van der Waals surface area contributed by atoms with Crippen molar-refractivity contribution in [3.63, 3.8) is 0 Å². The molecule has 0 atom stereocenters. The van der Waals surface area contributed by atoms with Crippen molar-refractivity contribution < 1.29 is 22.0 Å². The second kappa shape index (κ2) is 5.17. The van der Waals surface area contributed by atoms with Gasteiger partial charge in [0.05, 0.1) is 5.69 Å². The van der Waals surface area contributed by atoms with E-state index in [0.29, 0.717) is 12.1 Å². The topological polar surface area (TPSA) is 101 Å². The van der Waals surface area contributed by atoms with Crippen LogP contribution in [0.5, 0.6) is 0 Å². The van der Waals surface area contributed by atoms with Crippen molar-refractivity contribution in [2.45, 2.75) is 11.8 Å². The van der Waals surface area contributed by atoms with Crippen molar-refractivity contribution in [3.05, 3.63) is 23.8 Å². The molecular weight excluding hydrogens is 268 g/mol. The van der Waals surface area contributed by atoms with Gasteiger partial charge in [-0.25, -0.2) is 26.7 Å². The Balaban J connectivity index is 3.13. The highest BCUT2D eigenvalue weighted by molar-refractivity contribution is 7.90. The number of benzene rings is 1. The smallest absolute Gasteiger partial charge is 0.328 e. The molecule has 100 valence electrons. The van der Waals surface area contributed by atoms with Crippen LogP contribution in [0.1, 0.15) is 6.92 Å². The third-order valence-electron chi connectivity index (χ3n) is 1.91. The minimum Gasteiger partial charge on any atom is -0.396 e. The first kappa shape index (κ1) is 14.2. The number of nitrogens with two attached hydrogens (primary N) is 1. The second-order valence-corrected chi connectivity index (χ2v) is 4.92. The fourth-order valence-corrected chi connectivity index (χ4v) is 2.15. The van der Waals surface area contributed by atoms with Crippen molar-refractivity contribution >= 4 is 21.7 Å². The largest absolute Gasteiger partial charge is 0.396 e. The minimum atomic E-state index is -4.44. The lowest BCUT2D eigenvalue weighted by molar-refractivity contribution is 0.246. The van der Waals surface area contributed by atoms with Gasteiger partial charge in [0, 0.05) is 12.6 Å². The number of urea groups is 1. The van der Waals surface area contributed by atoms with E-state index in [9.17, 15) is 22.0 Å². The van der Waals surface area contributed by atoms with Crippen LogP contribution in [0.2, 0.25) is 0 Å². The lowest BCUT2D eigenvalue weighted by Gasteiger charge is -2.09. The molecular formula is C9H11F2N3O3S. The average Bonchev–Trinajstić information content (AvgIpc) is 2.22. The highest BCUT2D eigenvalue weighted by Gasteiger charge is 2.23. The summed E-state index contributed by atoms with van der Waals surface area (Å²) in [4.78, 5) is 10.2. The zero-order valence-electron chi connectivity index (χ0n) is 9.33. The molecule has 0 fully saturated rings. The number of nitrogen functional groups attached to an aromatic ring is 1. The van der Waals surface area contributed by atoms with E-state index in [1.54, 1.807) is 11.6 Å². The van der Waals surface area contributed by atoms with Crippen LogP contribution >= 0.6 is 0 Å². The van der Waals surface area contributed by atoms with Gasteiger partial charge in [0.1, 0.15) is 16.5 Å². The molecule has 1 aromatic rings. The highest BCUT2D eigenvalue weighted by Crippen LogP contribution is 2.20. The third kappa shape index (κ3) is 3.06. The molecule has 6 nitrogen and oxygen atoms in total. The van der Waals surface area contributed by atoms with Crippen molar-refractivity contribution in [2.24, 2.45) is 0 Å². The van der Waals surface area contributed by atoms with Gasteiger partial charge in [-0.05, 0) is 13.0 Å². The number of carbonyl (C=O) groups excluding carboxylic acids is 1. The molecule has 0 radical (unpaired) electrons. The number of rotatable bonds is 3. The van der Waals surface area contributed by atoms with Crippen LogP contribution in [0, 0.1) is 11.6 Å². The lowest BCUT2D eigenvalue weighted by atomic mass is 10.3. The Morgan fingerprint density at radius 2 is 1.94 bits per heavy atom. The van der Waals surface area contributed by atoms with E-state index in [1.165, 1.54) is 0 Å². The molecule has 0 heterocycles. The molecule has 1 aromatic carbocycles. The summed E-state index contributed by atoms with van der Waals surface area (Å²) in [5.74, 6) is -2.41. The van der Waals surface area contributed by atoms with Gasteiger partial charge in [-0.1, -0.05) is 0 Å². The Labute approximate surface area is 102 Å². The molecule has 1 rings (SSSR count). The monoisotopic (exact) mass is 279 g/mol. The molecule has 0 aromatic heterocycles. The van der Waals surface area contributed by atoms with Gasteiger partial charge in [-0.15, -0.1) is 0 Å². The molecule has 0 spiro atoms. The van der Waals surface area contributed by atoms with Gasteiger partial charge in [0.2, 0.25) is 0 Å². The number of hydrogen-bond donors (Lipinski definition) is 3. The molecule has 0 aliphatic rings. The van der Waals surface area contributed by atoms with Gasteiger partial charge in [-0.2, -0.15) is 0 Å². The van der Waals surface area contributed by atoms with Crippen molar-refractivity contribution in [1.82, 2.24) is 10.0 Å². The van der Waals surface area contributed by atoms with E-state index in [2.05, 4.69) is 5.32 Å². The predicted octanol–water partition coefficient (Wildman–Crippen LogP) is 0.555. The number of anilines is 1. The zero-order chi connectivity index (χ0) is 13.9. The summed E-state index contributed by atoms with van der Waals surface area (Å²) >= 11 is 0. The van der Waals surface area contributed by atoms with E-state index in [1.807, 2.05) is 0 Å². The number of amides is 2. The summed E-state index contributed by atoms with van der Waals surface area (Å²) in [6, 6.07) is -0.0757. The Bertz CT molecular complexity index is 575. The molecule has 0 aliphatic heterocycles. The maximum absolute atomic E-state index is 13.3. The Kier molecular flexibility index (Phi) is 4.07. The number of hydrogen-bond acceptors (Lipinski definition) is 4. The molecule has 0 aliphatic carbocycles. The maximum atomic E-state index is 13.3. The summed E-state index contributed by atoms with van der Waals surface area (Å²) in [5, 5.41) is 2.16. The Hall–Kier alpha value is -1.90. The predicted molar refractivity (Wildman–Crippen MR) is 60.2 cm³/mol. The normalized spacial score (nSPS) is 11.1. The van der Waals surface area contributed by atoms with Crippen LogP contribution in [0.15, 0.2) is 17.0 Å². The van der Waals surface area contributed by atoms with Crippen LogP contribution in [0.4, 0.5) is 19.3 Å². The number of carbonyl (C=O) groups is 1. The Morgan fingerprint density at radius 1 is 1.33 bits per heavy atom. The fraction of sp³-hybridized carbons (Fsp3) is 0.222. The summed E-state index contributed by atoms with van der Waals surface area (Å²) in [7, 11) is -4.44. The summed E-state index contributed by atoms with van der Waals surface area (Å²) in [6.07, 6.45) is 0. The van der Waals surface area contributed by atoms with E-state index in [0.717, 1.165) is 0 Å². The second-order valence-electron chi connectivity index (χ2n) is 3.27. The van der Waals surface area contributed by atoms with Crippen LogP contribution in [0.25, 0.3) is 0 Å². The van der Waals surface area contributed by atoms with E-state index < -0.39 is 38.3 Å². The number of nitrogens with one attached hydrogen (secondary N) is 2. The summed E-state index contributed by atoms with van der Waals surface area (Å²) < 4.78 is 51.0. The van der Waals surface area contributed by atoms with Gasteiger partial charge >= 0.3 is 6.03 Å². The van der Waals surface area contributed by atoms with Crippen LogP contribution < -0.4 is 15.8 Å². The van der Waals surface area contributed by atoms with E-state index >= 15 is 0 Å². The number of halogens is 2. The molecule has 0 unspecified atom stereocenters. The average molecular weight is 279 g/mol. The molecule has 0 bridgehead atoms. The highest BCUT2D eigenvalue weighted by atomic mass is 32.2. The first-order chi connectivity index (χ1) is 8.27. The quantitative estimate of drug-likeness (QED) is 0.703. The fourth-order valence-electron chi connectivity index (χ4n) is 1.12. The van der Waals surface area contributed by atoms with Gasteiger partial charge < -0.3 is 11.1 Å². The van der Waals surface area contributed by atoms with E-state index in [-0.39, 0.29) is 6.54 Å². The van der Waals surface area contributed by atoms with Crippen molar-refractivity contribution in [1.29, 1.82) is 0 Å². The third-order valence-corrected chi connectivity index (χ3v) is 3.25. The van der Waals surface area contributed by atoms with Crippen LogP contribution in [0.3, 0.4) is 0 Å². The van der Waals surface area contributed by atoms with Gasteiger partial charge in [0.25, 0.3) is 10.0 Å². The standard InChI is InChI=1S/C9H11F2N3O3S/c1-2-13-9(15)14-18(16,17)8-4-7(12)5(10)3-6(8)11/h3-4H,2,12H2,1H3,(H2,13,14,15). The van der Waals surface area contributed by atoms with E-state index in [4.69, 9.17) is 5.73 Å². The summed E-state index contributed by atoms with van der Waals surface area (Å²) in [6.45, 7) is 1.76. The van der Waals surface area contributed by atoms with Crippen molar-refractivity contribution in [3.8, 4) is 0 Å². The first-order valence-corrected chi connectivity index (χ1v) is 6.31. The molecule has 4 N–H and O–H groups in total. The first-order valence-electron chi connectivity index (χ1n) is 4.83. The van der Waals surface area contributed by atoms with Crippen LogP contribution in [-0.4, -0.2) is 21.0 Å². The SMILES string of the molecule is CCNC(=O)NS(=O)(=O)c1cc(N)c(F)cc1F. The number of sulfonamides is 1. The molecule has 9 heteroatoms. The zero-order valence-corrected chi connectivity index (χ0v) is 10.1. The maximum Gasteiger partial charge on any atom is 0.328 e. The molecule has 0 saturated heterocycles. The van der Waals surface area contributed by atoms with Crippen LogP contribution in [-0.2, 0) is 10.0 Å². The molecule has 18 heavy (non-hydrogen) atoms. The summed E-state index contributed by atoms with van der Waals surface area (Å²) in [5.41, 5.74) is 4.61. The van der Waals surface area contributed by atoms with Gasteiger partial charge in [0.15, 0.2) is 0 Å². The minimum absolute atomic E-state index is 0.190. The van der Waals surface area contributed by atoms with Crippen molar-refractivity contribution in [2.75, 3.05) is 12.3 Å². The lowest BCUT2D eigenvalue weighted by Crippen LogP contribution is -2.39. The van der Waals surface area contributed by atoms with Gasteiger partial charge in [-0.3, -0.25) is 0 Å². The Morgan fingerprint density at radius 3 is 2.50 bits per heavy atom.